The lowest BCUT2D eigenvalue weighted by atomic mass is 10.1. The summed E-state index contributed by atoms with van der Waals surface area (Å²) in [5.41, 5.74) is 0.761. The first-order valence-electron chi connectivity index (χ1n) is 4.51. The molecule has 0 aliphatic carbocycles. The molecule has 0 radical (unpaired) electrons. The van der Waals surface area contributed by atoms with E-state index in [1.807, 2.05) is 0 Å². The first kappa shape index (κ1) is 12.7. The SMILES string of the molecule is COc1cc(C(Br)C#N)cc(OC)c1OC. The molecule has 0 spiro atoms. The van der Waals surface area contributed by atoms with Crippen LogP contribution in [0.4, 0.5) is 0 Å². The summed E-state index contributed by atoms with van der Waals surface area (Å²) in [5, 5.41) is 8.83. The minimum atomic E-state index is -0.402. The number of nitrogens with zero attached hydrogens (tertiary/aromatic N) is 1. The minimum Gasteiger partial charge on any atom is -0.493 e. The number of nitriles is 1. The molecule has 1 rings (SSSR count). The monoisotopic (exact) mass is 285 g/mol. The van der Waals surface area contributed by atoms with E-state index in [9.17, 15) is 0 Å². The van der Waals surface area contributed by atoms with E-state index in [4.69, 9.17) is 19.5 Å². The summed E-state index contributed by atoms with van der Waals surface area (Å²) in [6.07, 6.45) is 0. The van der Waals surface area contributed by atoms with Crippen LogP contribution < -0.4 is 14.2 Å². The van der Waals surface area contributed by atoms with Crippen molar-refractivity contribution in [1.29, 1.82) is 5.26 Å². The third kappa shape index (κ3) is 2.39. The van der Waals surface area contributed by atoms with Gasteiger partial charge >= 0.3 is 0 Å². The Bertz CT molecular complexity index is 389. The summed E-state index contributed by atoms with van der Waals surface area (Å²) in [4.78, 5) is -0.402. The van der Waals surface area contributed by atoms with Crippen LogP contribution in [-0.2, 0) is 0 Å². The number of ether oxygens (including phenoxy) is 3. The standard InChI is InChI=1S/C11H12BrNO3/c1-14-9-4-7(8(12)6-13)5-10(15-2)11(9)16-3/h4-5,8H,1-3H3. The van der Waals surface area contributed by atoms with Gasteiger partial charge in [0.15, 0.2) is 11.5 Å². The molecule has 16 heavy (non-hydrogen) atoms. The largest absolute Gasteiger partial charge is 0.493 e. The van der Waals surface area contributed by atoms with Crippen molar-refractivity contribution in [3.63, 3.8) is 0 Å². The molecule has 0 saturated heterocycles. The smallest absolute Gasteiger partial charge is 0.203 e. The van der Waals surface area contributed by atoms with E-state index in [0.29, 0.717) is 17.2 Å². The molecule has 0 aliphatic rings. The third-order valence-corrected chi connectivity index (χ3v) is 2.83. The molecule has 0 aromatic heterocycles. The molecular weight excluding hydrogens is 274 g/mol. The fourth-order valence-electron chi connectivity index (χ4n) is 1.32. The maximum atomic E-state index is 8.83. The molecule has 0 heterocycles. The van der Waals surface area contributed by atoms with Crippen molar-refractivity contribution in [2.75, 3.05) is 21.3 Å². The summed E-state index contributed by atoms with van der Waals surface area (Å²) in [6, 6.07) is 5.57. The third-order valence-electron chi connectivity index (χ3n) is 2.09. The van der Waals surface area contributed by atoms with Gasteiger partial charge in [0.1, 0.15) is 4.83 Å². The van der Waals surface area contributed by atoms with Crippen LogP contribution in [0.1, 0.15) is 10.4 Å². The van der Waals surface area contributed by atoms with Crippen molar-refractivity contribution in [3.8, 4) is 23.3 Å². The maximum Gasteiger partial charge on any atom is 0.203 e. The zero-order valence-corrected chi connectivity index (χ0v) is 10.9. The zero-order valence-electron chi connectivity index (χ0n) is 9.28. The Labute approximate surface area is 103 Å². The van der Waals surface area contributed by atoms with Gasteiger partial charge in [0, 0.05) is 0 Å². The van der Waals surface area contributed by atoms with E-state index in [1.54, 1.807) is 12.1 Å². The Morgan fingerprint density at radius 3 is 1.94 bits per heavy atom. The molecular formula is C11H12BrNO3. The molecule has 86 valence electrons. The van der Waals surface area contributed by atoms with Gasteiger partial charge in [-0.3, -0.25) is 0 Å². The van der Waals surface area contributed by atoms with Crippen LogP contribution in [0.3, 0.4) is 0 Å². The van der Waals surface area contributed by atoms with E-state index in [1.165, 1.54) is 21.3 Å². The second-order valence-electron chi connectivity index (χ2n) is 2.95. The van der Waals surface area contributed by atoms with Crippen molar-refractivity contribution < 1.29 is 14.2 Å². The summed E-state index contributed by atoms with van der Waals surface area (Å²) in [5.74, 6) is 1.60. The van der Waals surface area contributed by atoms with Crippen LogP contribution in [0, 0.1) is 11.3 Å². The Morgan fingerprint density at radius 1 is 1.12 bits per heavy atom. The highest BCUT2D eigenvalue weighted by atomic mass is 79.9. The quantitative estimate of drug-likeness (QED) is 0.798. The predicted octanol–water partition coefficient (Wildman–Crippen LogP) is 2.67. The van der Waals surface area contributed by atoms with Crippen molar-refractivity contribution >= 4 is 15.9 Å². The number of halogens is 1. The van der Waals surface area contributed by atoms with E-state index in [-0.39, 0.29) is 0 Å². The minimum absolute atomic E-state index is 0.402. The number of benzene rings is 1. The topological polar surface area (TPSA) is 51.5 Å². The van der Waals surface area contributed by atoms with Gasteiger partial charge in [-0.25, -0.2) is 0 Å². The second-order valence-corrected chi connectivity index (χ2v) is 3.87. The van der Waals surface area contributed by atoms with Crippen LogP contribution in [0.5, 0.6) is 17.2 Å². The van der Waals surface area contributed by atoms with Crippen LogP contribution in [0.15, 0.2) is 12.1 Å². The zero-order chi connectivity index (χ0) is 12.1. The van der Waals surface area contributed by atoms with Gasteiger partial charge in [0.2, 0.25) is 5.75 Å². The van der Waals surface area contributed by atoms with Crippen molar-refractivity contribution in [3.05, 3.63) is 17.7 Å². The number of rotatable bonds is 4. The van der Waals surface area contributed by atoms with Gasteiger partial charge in [-0.15, -0.1) is 0 Å². The van der Waals surface area contributed by atoms with E-state index >= 15 is 0 Å². The molecule has 4 nitrogen and oxygen atoms in total. The second kappa shape index (κ2) is 5.61. The lowest BCUT2D eigenvalue weighted by molar-refractivity contribution is 0.324. The highest BCUT2D eigenvalue weighted by molar-refractivity contribution is 9.09. The van der Waals surface area contributed by atoms with Crippen LogP contribution in [0.25, 0.3) is 0 Å². The van der Waals surface area contributed by atoms with E-state index in [0.717, 1.165) is 5.56 Å². The number of hydrogen-bond acceptors (Lipinski definition) is 4. The molecule has 0 fully saturated rings. The van der Waals surface area contributed by atoms with Gasteiger partial charge in [-0.1, -0.05) is 15.9 Å². The van der Waals surface area contributed by atoms with Crippen LogP contribution >= 0.6 is 15.9 Å². The predicted molar refractivity (Wildman–Crippen MR) is 63.4 cm³/mol. The lowest BCUT2D eigenvalue weighted by Crippen LogP contribution is -1.97. The molecule has 0 N–H and O–H groups in total. The average molecular weight is 286 g/mol. The van der Waals surface area contributed by atoms with Gasteiger partial charge in [0.25, 0.3) is 0 Å². The van der Waals surface area contributed by atoms with Gasteiger partial charge in [-0.2, -0.15) is 5.26 Å². The fourth-order valence-corrected chi connectivity index (χ4v) is 1.59. The molecule has 5 heteroatoms. The summed E-state index contributed by atoms with van der Waals surface area (Å²) in [6.45, 7) is 0. The van der Waals surface area contributed by atoms with E-state index in [2.05, 4.69) is 22.0 Å². The van der Waals surface area contributed by atoms with Crippen molar-refractivity contribution in [2.24, 2.45) is 0 Å². The van der Waals surface area contributed by atoms with Crippen molar-refractivity contribution in [2.45, 2.75) is 4.83 Å². The first-order valence-corrected chi connectivity index (χ1v) is 5.43. The Kier molecular flexibility index (Phi) is 4.44. The first-order chi connectivity index (χ1) is 7.67. The highest BCUT2D eigenvalue weighted by Crippen LogP contribution is 2.40. The Balaban J connectivity index is 3.32. The molecule has 1 aromatic carbocycles. The lowest BCUT2D eigenvalue weighted by Gasteiger charge is -2.14. The molecule has 0 aliphatic heterocycles. The summed E-state index contributed by atoms with van der Waals surface area (Å²) in [7, 11) is 4.61. The van der Waals surface area contributed by atoms with Gasteiger partial charge < -0.3 is 14.2 Å². The maximum absolute atomic E-state index is 8.83. The normalized spacial score (nSPS) is 11.4. The average Bonchev–Trinajstić information content (AvgIpc) is 2.35. The molecule has 1 aromatic rings. The molecule has 0 amide bonds. The number of methoxy groups -OCH3 is 3. The van der Waals surface area contributed by atoms with Crippen molar-refractivity contribution in [1.82, 2.24) is 0 Å². The van der Waals surface area contributed by atoms with Crippen LogP contribution in [0.2, 0.25) is 0 Å². The molecule has 1 unspecified atom stereocenters. The summed E-state index contributed by atoms with van der Waals surface area (Å²) >= 11 is 3.25. The van der Waals surface area contributed by atoms with Gasteiger partial charge in [-0.05, 0) is 17.7 Å². The molecule has 0 saturated carbocycles. The number of hydrogen-bond donors (Lipinski definition) is 0. The fraction of sp³-hybridized carbons (Fsp3) is 0.364. The number of alkyl halides is 1. The molecule has 0 bridgehead atoms. The highest BCUT2D eigenvalue weighted by Gasteiger charge is 2.16. The van der Waals surface area contributed by atoms with Crippen LogP contribution in [-0.4, -0.2) is 21.3 Å². The Morgan fingerprint density at radius 2 is 1.62 bits per heavy atom. The van der Waals surface area contributed by atoms with E-state index < -0.39 is 4.83 Å². The summed E-state index contributed by atoms with van der Waals surface area (Å²) < 4.78 is 15.5. The Hall–Kier alpha value is -1.41. The molecule has 1 atom stereocenters. The van der Waals surface area contributed by atoms with Gasteiger partial charge in [0.05, 0.1) is 27.4 Å².